The zero-order valence-corrected chi connectivity index (χ0v) is 7.01. The Kier molecular flexibility index (Phi) is 3.03. The molecule has 2 amide bonds. The Bertz CT molecular complexity index is 304. The second-order valence-electron chi connectivity index (χ2n) is 2.63. The van der Waals surface area contributed by atoms with Crippen LogP contribution in [0.1, 0.15) is 5.56 Å². The van der Waals surface area contributed by atoms with Crippen LogP contribution in [0.15, 0.2) is 24.3 Å². The molecular formula is C9H10N2O2. The number of carbonyl (C=O) groups excluding carboxylic acids is 2. The standard InChI is InChI=1S/C9H10N2O2/c10-9-3-1-2-8(4-9)5-11(6-12)7-13/h1-4,6-7H,5,10H2. The normalized spacial score (nSPS) is 9.23. The second-order valence-corrected chi connectivity index (χ2v) is 2.63. The number of benzene rings is 1. The van der Waals surface area contributed by atoms with E-state index in [2.05, 4.69) is 0 Å². The van der Waals surface area contributed by atoms with E-state index in [1.54, 1.807) is 24.3 Å². The van der Waals surface area contributed by atoms with E-state index in [4.69, 9.17) is 5.73 Å². The maximum atomic E-state index is 10.3. The fourth-order valence-corrected chi connectivity index (χ4v) is 1.00. The highest BCUT2D eigenvalue weighted by molar-refractivity contribution is 5.68. The molecule has 0 spiro atoms. The Morgan fingerprint density at radius 1 is 1.31 bits per heavy atom. The number of rotatable bonds is 4. The van der Waals surface area contributed by atoms with Gasteiger partial charge in [-0.05, 0) is 17.7 Å². The Morgan fingerprint density at radius 2 is 2.00 bits per heavy atom. The lowest BCUT2D eigenvalue weighted by atomic mass is 10.2. The summed E-state index contributed by atoms with van der Waals surface area (Å²) in [4.78, 5) is 21.6. The lowest BCUT2D eigenvalue weighted by Gasteiger charge is -2.08. The lowest BCUT2D eigenvalue weighted by Crippen LogP contribution is -2.18. The molecule has 0 atom stereocenters. The molecule has 0 saturated carbocycles. The van der Waals surface area contributed by atoms with Crippen LogP contribution in [0.25, 0.3) is 0 Å². The molecule has 1 aromatic carbocycles. The monoisotopic (exact) mass is 178 g/mol. The fourth-order valence-electron chi connectivity index (χ4n) is 1.00. The van der Waals surface area contributed by atoms with E-state index in [0.29, 0.717) is 18.5 Å². The summed E-state index contributed by atoms with van der Waals surface area (Å²) >= 11 is 0. The molecule has 0 aliphatic heterocycles. The first-order chi connectivity index (χ1) is 6.26. The van der Waals surface area contributed by atoms with Crippen molar-refractivity contribution in [3.8, 4) is 0 Å². The van der Waals surface area contributed by atoms with Crippen molar-refractivity contribution in [2.75, 3.05) is 5.73 Å². The molecule has 0 aromatic heterocycles. The Morgan fingerprint density at radius 3 is 2.54 bits per heavy atom. The van der Waals surface area contributed by atoms with E-state index in [1.807, 2.05) is 0 Å². The summed E-state index contributed by atoms with van der Waals surface area (Å²) in [6.07, 6.45) is 0.965. The topological polar surface area (TPSA) is 63.4 Å². The maximum Gasteiger partial charge on any atom is 0.216 e. The summed E-state index contributed by atoms with van der Waals surface area (Å²) in [5.41, 5.74) is 6.97. The molecule has 0 fully saturated rings. The summed E-state index contributed by atoms with van der Waals surface area (Å²) in [7, 11) is 0. The van der Waals surface area contributed by atoms with Gasteiger partial charge in [0.15, 0.2) is 0 Å². The number of nitrogen functional groups attached to an aromatic ring is 1. The van der Waals surface area contributed by atoms with Gasteiger partial charge in [0.2, 0.25) is 12.8 Å². The molecule has 68 valence electrons. The van der Waals surface area contributed by atoms with Crippen LogP contribution in [-0.4, -0.2) is 17.7 Å². The number of nitrogens with zero attached hydrogens (tertiary/aromatic N) is 1. The summed E-state index contributed by atoms with van der Waals surface area (Å²) in [5.74, 6) is 0. The van der Waals surface area contributed by atoms with Gasteiger partial charge in [-0.3, -0.25) is 14.5 Å². The van der Waals surface area contributed by atoms with Gasteiger partial charge in [0.05, 0.1) is 6.54 Å². The first kappa shape index (κ1) is 9.25. The average molecular weight is 178 g/mol. The van der Waals surface area contributed by atoms with Gasteiger partial charge in [-0.2, -0.15) is 0 Å². The van der Waals surface area contributed by atoms with Gasteiger partial charge in [0.1, 0.15) is 0 Å². The number of imide groups is 1. The Hall–Kier alpha value is -1.84. The first-order valence-electron chi connectivity index (χ1n) is 3.77. The van der Waals surface area contributed by atoms with Crippen LogP contribution in [0.2, 0.25) is 0 Å². The van der Waals surface area contributed by atoms with Crippen molar-refractivity contribution < 1.29 is 9.59 Å². The van der Waals surface area contributed by atoms with Crippen molar-refractivity contribution in [3.63, 3.8) is 0 Å². The molecule has 4 nitrogen and oxygen atoms in total. The highest BCUT2D eigenvalue weighted by Crippen LogP contribution is 2.07. The van der Waals surface area contributed by atoms with Crippen LogP contribution in [0.4, 0.5) is 5.69 Å². The molecule has 0 unspecified atom stereocenters. The lowest BCUT2D eigenvalue weighted by molar-refractivity contribution is -0.129. The molecule has 1 aromatic rings. The van der Waals surface area contributed by atoms with E-state index >= 15 is 0 Å². The molecule has 13 heavy (non-hydrogen) atoms. The van der Waals surface area contributed by atoms with Crippen LogP contribution >= 0.6 is 0 Å². The molecule has 0 aliphatic rings. The smallest absolute Gasteiger partial charge is 0.216 e. The quantitative estimate of drug-likeness (QED) is 0.535. The van der Waals surface area contributed by atoms with Crippen LogP contribution in [0.3, 0.4) is 0 Å². The van der Waals surface area contributed by atoms with Crippen LogP contribution in [0, 0.1) is 0 Å². The number of anilines is 1. The Balaban J connectivity index is 2.73. The largest absolute Gasteiger partial charge is 0.399 e. The number of hydrogen-bond donors (Lipinski definition) is 1. The third-order valence-corrected chi connectivity index (χ3v) is 1.59. The van der Waals surface area contributed by atoms with Crippen molar-refractivity contribution in [3.05, 3.63) is 29.8 Å². The number of nitrogens with two attached hydrogens (primary N) is 1. The number of carbonyl (C=O) groups is 2. The maximum absolute atomic E-state index is 10.3. The van der Waals surface area contributed by atoms with E-state index < -0.39 is 0 Å². The van der Waals surface area contributed by atoms with Crippen molar-refractivity contribution >= 4 is 18.5 Å². The minimum Gasteiger partial charge on any atom is -0.399 e. The Labute approximate surface area is 75.9 Å². The van der Waals surface area contributed by atoms with Crippen LogP contribution in [-0.2, 0) is 16.1 Å². The van der Waals surface area contributed by atoms with E-state index in [0.717, 1.165) is 10.5 Å². The summed E-state index contributed by atoms with van der Waals surface area (Å²) < 4.78 is 0. The van der Waals surface area contributed by atoms with Crippen molar-refractivity contribution in [1.82, 2.24) is 4.90 Å². The summed E-state index contributed by atoms with van der Waals surface area (Å²) in [6, 6.07) is 7.05. The van der Waals surface area contributed by atoms with Gasteiger partial charge < -0.3 is 5.73 Å². The highest BCUT2D eigenvalue weighted by atomic mass is 16.2. The van der Waals surface area contributed by atoms with Gasteiger partial charge in [-0.1, -0.05) is 12.1 Å². The summed E-state index contributed by atoms with van der Waals surface area (Å²) in [6.45, 7) is 0.262. The fraction of sp³-hybridized carbons (Fsp3) is 0.111. The SMILES string of the molecule is Nc1cccc(CN(C=O)C=O)c1. The number of amides is 2. The molecule has 2 N–H and O–H groups in total. The van der Waals surface area contributed by atoms with E-state index in [-0.39, 0.29) is 6.54 Å². The van der Waals surface area contributed by atoms with Gasteiger partial charge in [0.25, 0.3) is 0 Å². The molecule has 1 rings (SSSR count). The molecule has 0 aliphatic carbocycles. The molecular weight excluding hydrogens is 168 g/mol. The minimum atomic E-state index is 0.262. The minimum absolute atomic E-state index is 0.262. The zero-order chi connectivity index (χ0) is 9.68. The first-order valence-corrected chi connectivity index (χ1v) is 3.77. The molecule has 4 heteroatoms. The van der Waals surface area contributed by atoms with Crippen molar-refractivity contribution in [2.24, 2.45) is 0 Å². The predicted octanol–water partition coefficient (Wildman–Crippen LogP) is 0.384. The molecule has 0 radical (unpaired) electrons. The molecule has 0 saturated heterocycles. The van der Waals surface area contributed by atoms with Crippen LogP contribution < -0.4 is 5.73 Å². The molecule has 0 bridgehead atoms. The third-order valence-electron chi connectivity index (χ3n) is 1.59. The van der Waals surface area contributed by atoms with Gasteiger partial charge >= 0.3 is 0 Å². The van der Waals surface area contributed by atoms with Crippen molar-refractivity contribution in [2.45, 2.75) is 6.54 Å². The van der Waals surface area contributed by atoms with E-state index in [1.165, 1.54) is 0 Å². The van der Waals surface area contributed by atoms with Gasteiger partial charge in [-0.25, -0.2) is 0 Å². The third kappa shape index (κ3) is 2.59. The van der Waals surface area contributed by atoms with E-state index in [9.17, 15) is 9.59 Å². The average Bonchev–Trinajstić information content (AvgIpc) is 2.14. The van der Waals surface area contributed by atoms with Gasteiger partial charge in [0, 0.05) is 5.69 Å². The van der Waals surface area contributed by atoms with Crippen LogP contribution in [0.5, 0.6) is 0 Å². The van der Waals surface area contributed by atoms with Crippen molar-refractivity contribution in [1.29, 1.82) is 0 Å². The highest BCUT2D eigenvalue weighted by Gasteiger charge is 2.00. The molecule has 0 heterocycles. The predicted molar refractivity (Wildman–Crippen MR) is 48.5 cm³/mol. The van der Waals surface area contributed by atoms with Gasteiger partial charge in [-0.15, -0.1) is 0 Å². The second kappa shape index (κ2) is 4.25. The zero-order valence-electron chi connectivity index (χ0n) is 7.01. The number of hydrogen-bond acceptors (Lipinski definition) is 3. The summed E-state index contributed by atoms with van der Waals surface area (Å²) in [5, 5.41) is 0.